The van der Waals surface area contributed by atoms with Crippen molar-refractivity contribution < 1.29 is 14.3 Å². The van der Waals surface area contributed by atoms with E-state index in [0.29, 0.717) is 19.4 Å². The highest BCUT2D eigenvalue weighted by molar-refractivity contribution is 5.84. The van der Waals surface area contributed by atoms with Gasteiger partial charge in [0.2, 0.25) is 11.8 Å². The summed E-state index contributed by atoms with van der Waals surface area (Å²) in [5.74, 6) is 0.0951. The molecule has 1 aromatic carbocycles. The van der Waals surface area contributed by atoms with E-state index in [1.54, 1.807) is 19.1 Å². The Morgan fingerprint density at radius 2 is 1.89 bits per heavy atom. The molecule has 0 bridgehead atoms. The molecular formula is C21H31N3O3. The van der Waals surface area contributed by atoms with Crippen LogP contribution in [-0.4, -0.2) is 74.6 Å². The van der Waals surface area contributed by atoms with E-state index in [4.69, 9.17) is 4.74 Å². The van der Waals surface area contributed by atoms with Crippen molar-refractivity contribution in [1.82, 2.24) is 9.80 Å². The molecule has 0 unspecified atom stereocenters. The number of carbonyl (C=O) groups is 2. The standard InChI is InChI=1S/C21H31N3O3/c1-15-6-5-7-18(16(15)2)23-10-12-24(13-11-23)21(26)17-8-9-20(25)22(3)19(17)14-27-4/h5-7,17,19H,8-14H2,1-4H3/t17-,19-/m1/s1. The summed E-state index contributed by atoms with van der Waals surface area (Å²) < 4.78 is 5.29. The van der Waals surface area contributed by atoms with Gasteiger partial charge in [0, 0.05) is 52.4 Å². The van der Waals surface area contributed by atoms with Gasteiger partial charge in [-0.05, 0) is 37.5 Å². The SMILES string of the molecule is COC[C@@H]1[C@H](C(=O)N2CCN(c3cccc(C)c3C)CC2)CCC(=O)N1C. The first kappa shape index (κ1) is 19.7. The van der Waals surface area contributed by atoms with Crippen molar-refractivity contribution in [3.05, 3.63) is 29.3 Å². The smallest absolute Gasteiger partial charge is 0.227 e. The fraction of sp³-hybridized carbons (Fsp3) is 0.619. The molecule has 0 spiro atoms. The number of ether oxygens (including phenoxy) is 1. The summed E-state index contributed by atoms with van der Waals surface area (Å²) >= 11 is 0. The Bertz CT molecular complexity index is 698. The first-order chi connectivity index (χ1) is 12.9. The Kier molecular flexibility index (Phi) is 6.05. The zero-order chi connectivity index (χ0) is 19.6. The van der Waals surface area contributed by atoms with Gasteiger partial charge < -0.3 is 19.4 Å². The van der Waals surface area contributed by atoms with Gasteiger partial charge in [0.25, 0.3) is 0 Å². The van der Waals surface area contributed by atoms with Crippen molar-refractivity contribution >= 4 is 17.5 Å². The Balaban J connectivity index is 1.65. The number of nitrogens with zero attached hydrogens (tertiary/aromatic N) is 3. The van der Waals surface area contributed by atoms with Gasteiger partial charge in [-0.2, -0.15) is 0 Å². The maximum absolute atomic E-state index is 13.2. The Morgan fingerprint density at radius 1 is 1.19 bits per heavy atom. The van der Waals surface area contributed by atoms with Gasteiger partial charge in [-0.3, -0.25) is 9.59 Å². The van der Waals surface area contributed by atoms with Gasteiger partial charge in [-0.25, -0.2) is 0 Å². The molecule has 2 saturated heterocycles. The second-order valence-corrected chi connectivity index (χ2v) is 7.70. The van der Waals surface area contributed by atoms with E-state index in [2.05, 4.69) is 36.9 Å². The molecule has 27 heavy (non-hydrogen) atoms. The summed E-state index contributed by atoms with van der Waals surface area (Å²) in [6.45, 7) is 7.82. The zero-order valence-electron chi connectivity index (χ0n) is 16.9. The molecule has 6 nitrogen and oxygen atoms in total. The highest BCUT2D eigenvalue weighted by atomic mass is 16.5. The molecule has 0 radical (unpaired) electrons. The second-order valence-electron chi connectivity index (χ2n) is 7.70. The predicted molar refractivity (Wildman–Crippen MR) is 106 cm³/mol. The molecule has 2 fully saturated rings. The normalized spacial score (nSPS) is 23.7. The summed E-state index contributed by atoms with van der Waals surface area (Å²) in [7, 11) is 3.40. The summed E-state index contributed by atoms with van der Waals surface area (Å²) in [6, 6.07) is 6.23. The monoisotopic (exact) mass is 373 g/mol. The summed E-state index contributed by atoms with van der Waals surface area (Å²) in [5.41, 5.74) is 3.87. The summed E-state index contributed by atoms with van der Waals surface area (Å²) in [6.07, 6.45) is 1.06. The number of hydrogen-bond donors (Lipinski definition) is 0. The molecule has 148 valence electrons. The lowest BCUT2D eigenvalue weighted by Crippen LogP contribution is -2.57. The minimum Gasteiger partial charge on any atom is -0.383 e. The number of rotatable bonds is 4. The number of piperazine rings is 1. The van der Waals surface area contributed by atoms with Crippen LogP contribution < -0.4 is 4.90 Å². The summed E-state index contributed by atoms with van der Waals surface area (Å²) in [4.78, 5) is 31.2. The van der Waals surface area contributed by atoms with Crippen LogP contribution in [0.4, 0.5) is 5.69 Å². The molecule has 0 aliphatic carbocycles. The third-order valence-electron chi connectivity index (χ3n) is 6.19. The van der Waals surface area contributed by atoms with Gasteiger partial charge in [0.1, 0.15) is 0 Å². The zero-order valence-corrected chi connectivity index (χ0v) is 16.9. The average Bonchev–Trinajstić information content (AvgIpc) is 2.68. The van der Waals surface area contributed by atoms with Crippen LogP contribution >= 0.6 is 0 Å². The minimum absolute atomic E-state index is 0.0980. The van der Waals surface area contributed by atoms with E-state index in [1.165, 1.54) is 16.8 Å². The van der Waals surface area contributed by atoms with E-state index >= 15 is 0 Å². The quantitative estimate of drug-likeness (QED) is 0.808. The number of amides is 2. The number of aryl methyl sites for hydroxylation is 1. The van der Waals surface area contributed by atoms with Crippen molar-refractivity contribution in [2.75, 3.05) is 51.8 Å². The second kappa shape index (κ2) is 8.30. The van der Waals surface area contributed by atoms with Gasteiger partial charge in [-0.15, -0.1) is 0 Å². The third-order valence-corrected chi connectivity index (χ3v) is 6.19. The number of likely N-dealkylation sites (tertiary alicyclic amines) is 1. The van der Waals surface area contributed by atoms with Gasteiger partial charge in [0.15, 0.2) is 0 Å². The number of benzene rings is 1. The van der Waals surface area contributed by atoms with E-state index in [0.717, 1.165) is 26.2 Å². The molecule has 2 amide bonds. The maximum Gasteiger partial charge on any atom is 0.227 e. The Labute approximate surface area is 162 Å². The molecule has 2 heterocycles. The van der Waals surface area contributed by atoms with Crippen LogP contribution in [-0.2, 0) is 14.3 Å². The number of hydrogen-bond acceptors (Lipinski definition) is 4. The predicted octanol–water partition coefficient (Wildman–Crippen LogP) is 1.84. The first-order valence-electron chi connectivity index (χ1n) is 9.78. The minimum atomic E-state index is -0.167. The van der Waals surface area contributed by atoms with Crippen molar-refractivity contribution in [3.63, 3.8) is 0 Å². The Hall–Kier alpha value is -2.08. The fourth-order valence-electron chi connectivity index (χ4n) is 4.27. The molecule has 0 N–H and O–H groups in total. The average molecular weight is 373 g/mol. The fourth-order valence-corrected chi connectivity index (χ4v) is 4.27. The molecule has 2 aliphatic rings. The van der Waals surface area contributed by atoms with Crippen LogP contribution in [0.1, 0.15) is 24.0 Å². The molecule has 0 saturated carbocycles. The van der Waals surface area contributed by atoms with Crippen LogP contribution in [0.25, 0.3) is 0 Å². The van der Waals surface area contributed by atoms with Gasteiger partial charge >= 0.3 is 0 Å². The van der Waals surface area contributed by atoms with E-state index in [1.807, 2.05) is 4.90 Å². The topological polar surface area (TPSA) is 53.1 Å². The molecule has 3 rings (SSSR count). The van der Waals surface area contributed by atoms with Gasteiger partial charge in [-0.1, -0.05) is 12.1 Å². The highest BCUT2D eigenvalue weighted by Gasteiger charge is 2.40. The molecule has 2 atom stereocenters. The summed E-state index contributed by atoms with van der Waals surface area (Å²) in [5, 5.41) is 0. The van der Waals surface area contributed by atoms with E-state index in [-0.39, 0.29) is 23.8 Å². The number of piperidine rings is 1. The van der Waals surface area contributed by atoms with E-state index < -0.39 is 0 Å². The lowest BCUT2D eigenvalue weighted by Gasteiger charge is -2.42. The number of likely N-dealkylation sites (N-methyl/N-ethyl adjacent to an activating group) is 1. The third kappa shape index (κ3) is 3.95. The van der Waals surface area contributed by atoms with Crippen LogP contribution in [0.5, 0.6) is 0 Å². The number of methoxy groups -OCH3 is 1. The van der Waals surface area contributed by atoms with Crippen molar-refractivity contribution in [2.45, 2.75) is 32.7 Å². The van der Waals surface area contributed by atoms with Crippen molar-refractivity contribution in [1.29, 1.82) is 0 Å². The van der Waals surface area contributed by atoms with Crippen LogP contribution in [0.2, 0.25) is 0 Å². The van der Waals surface area contributed by atoms with Crippen molar-refractivity contribution in [2.24, 2.45) is 5.92 Å². The molecule has 6 heteroatoms. The van der Waals surface area contributed by atoms with Gasteiger partial charge in [0.05, 0.1) is 18.6 Å². The van der Waals surface area contributed by atoms with Crippen LogP contribution in [0.3, 0.4) is 0 Å². The number of carbonyl (C=O) groups excluding carboxylic acids is 2. The molecule has 0 aromatic heterocycles. The maximum atomic E-state index is 13.2. The van der Waals surface area contributed by atoms with E-state index in [9.17, 15) is 9.59 Å². The van der Waals surface area contributed by atoms with Crippen LogP contribution in [0.15, 0.2) is 18.2 Å². The largest absolute Gasteiger partial charge is 0.383 e. The Morgan fingerprint density at radius 3 is 2.56 bits per heavy atom. The first-order valence-corrected chi connectivity index (χ1v) is 9.78. The van der Waals surface area contributed by atoms with Crippen molar-refractivity contribution in [3.8, 4) is 0 Å². The molecule has 1 aromatic rings. The lowest BCUT2D eigenvalue weighted by molar-refractivity contribution is -0.148. The lowest BCUT2D eigenvalue weighted by atomic mass is 9.88. The highest BCUT2D eigenvalue weighted by Crippen LogP contribution is 2.28. The molecule has 2 aliphatic heterocycles. The van der Waals surface area contributed by atoms with Crippen LogP contribution in [0, 0.1) is 19.8 Å². The number of anilines is 1. The molecular weight excluding hydrogens is 342 g/mol.